The Bertz CT molecular complexity index is 524. The van der Waals surface area contributed by atoms with Crippen LogP contribution in [0.1, 0.15) is 40.5 Å². The number of hydrogen-bond donors (Lipinski definition) is 0. The summed E-state index contributed by atoms with van der Waals surface area (Å²) in [4.78, 5) is 1.18. The first-order valence-electron chi connectivity index (χ1n) is 7.53. The van der Waals surface area contributed by atoms with E-state index >= 15 is 0 Å². The second-order valence-electron chi connectivity index (χ2n) is 6.81. The minimum absolute atomic E-state index is 0.319. The fourth-order valence-corrected chi connectivity index (χ4v) is 2.91. The van der Waals surface area contributed by atoms with E-state index in [2.05, 4.69) is 46.1 Å². The Morgan fingerprint density at radius 2 is 1.76 bits per heavy atom. The van der Waals surface area contributed by atoms with Crippen molar-refractivity contribution >= 4 is 24.3 Å². The van der Waals surface area contributed by atoms with Gasteiger partial charge in [0.15, 0.2) is 0 Å². The van der Waals surface area contributed by atoms with E-state index in [0.29, 0.717) is 6.10 Å². The van der Waals surface area contributed by atoms with E-state index in [4.69, 9.17) is 14.0 Å². The molecule has 3 rings (SSSR count). The molecule has 0 amide bonds. The molecule has 1 aromatic carbocycles. The Labute approximate surface area is 131 Å². The summed E-state index contributed by atoms with van der Waals surface area (Å²) >= 11 is 1.71. The zero-order valence-corrected chi connectivity index (χ0v) is 14.3. The molecule has 1 saturated heterocycles. The predicted molar refractivity (Wildman–Crippen MR) is 87.6 cm³/mol. The quantitative estimate of drug-likeness (QED) is 0.630. The van der Waals surface area contributed by atoms with Gasteiger partial charge in [0, 0.05) is 4.90 Å². The Morgan fingerprint density at radius 1 is 1.14 bits per heavy atom. The van der Waals surface area contributed by atoms with Crippen LogP contribution in [0.25, 0.3) is 0 Å². The molecule has 0 N–H and O–H groups in total. The summed E-state index contributed by atoms with van der Waals surface area (Å²) in [5.41, 5.74) is 0.431. The molecule has 0 aromatic heterocycles. The molecule has 0 radical (unpaired) electrons. The number of ether oxygens (including phenoxy) is 1. The predicted octanol–water partition coefficient (Wildman–Crippen LogP) is 3.25. The molecule has 0 unspecified atom stereocenters. The molecular weight excluding hydrogens is 283 g/mol. The highest BCUT2D eigenvalue weighted by Gasteiger charge is 2.52. The van der Waals surface area contributed by atoms with Gasteiger partial charge in [0.1, 0.15) is 5.75 Å². The second-order valence-corrected chi connectivity index (χ2v) is 7.66. The van der Waals surface area contributed by atoms with Gasteiger partial charge >= 0.3 is 7.12 Å². The van der Waals surface area contributed by atoms with E-state index in [1.54, 1.807) is 11.8 Å². The molecular formula is C16H23BO3S. The summed E-state index contributed by atoms with van der Waals surface area (Å²) in [6.07, 6.45) is 4.80. The Balaban J connectivity index is 1.89. The van der Waals surface area contributed by atoms with Crippen LogP contribution in [0.4, 0.5) is 0 Å². The maximum atomic E-state index is 6.18. The highest BCUT2D eigenvalue weighted by molar-refractivity contribution is 7.98. The molecule has 1 aliphatic heterocycles. The molecule has 2 fully saturated rings. The van der Waals surface area contributed by atoms with Crippen LogP contribution < -0.4 is 10.2 Å². The average Bonchev–Trinajstić information content (AvgIpc) is 3.17. The van der Waals surface area contributed by atoms with Crippen molar-refractivity contribution in [3.63, 3.8) is 0 Å². The summed E-state index contributed by atoms with van der Waals surface area (Å²) in [6.45, 7) is 8.32. The Hall–Kier alpha value is -0.645. The van der Waals surface area contributed by atoms with E-state index < -0.39 is 0 Å². The van der Waals surface area contributed by atoms with Crippen molar-refractivity contribution in [1.82, 2.24) is 0 Å². The number of hydrogen-bond acceptors (Lipinski definition) is 4. The van der Waals surface area contributed by atoms with Crippen LogP contribution in [0, 0.1) is 0 Å². The van der Waals surface area contributed by atoms with Gasteiger partial charge in [-0.15, -0.1) is 11.8 Å². The van der Waals surface area contributed by atoms with E-state index in [1.807, 2.05) is 6.07 Å². The van der Waals surface area contributed by atoms with Gasteiger partial charge in [-0.25, -0.2) is 0 Å². The van der Waals surface area contributed by atoms with Crippen LogP contribution in [0.3, 0.4) is 0 Å². The average molecular weight is 306 g/mol. The Kier molecular flexibility index (Phi) is 3.79. The van der Waals surface area contributed by atoms with E-state index in [-0.39, 0.29) is 18.3 Å². The summed E-state index contributed by atoms with van der Waals surface area (Å²) in [5.74, 6) is 0.917. The number of benzene rings is 1. The van der Waals surface area contributed by atoms with E-state index in [0.717, 1.165) is 24.1 Å². The lowest BCUT2D eigenvalue weighted by atomic mass is 9.79. The second kappa shape index (κ2) is 5.22. The summed E-state index contributed by atoms with van der Waals surface area (Å²) < 4.78 is 18.3. The van der Waals surface area contributed by atoms with Crippen LogP contribution in [0.2, 0.25) is 0 Å². The third kappa shape index (κ3) is 2.96. The first-order chi connectivity index (χ1) is 9.82. The SMILES string of the molecule is CSc1ccc(OC2CC2)cc1B1OC(C)(C)C(C)(C)O1. The molecule has 0 atom stereocenters. The number of rotatable bonds is 4. The molecule has 3 nitrogen and oxygen atoms in total. The molecule has 0 bridgehead atoms. The molecule has 1 aliphatic carbocycles. The molecule has 1 heterocycles. The van der Waals surface area contributed by atoms with Crippen LogP contribution in [-0.4, -0.2) is 30.7 Å². The third-order valence-corrected chi connectivity index (χ3v) is 5.35. The van der Waals surface area contributed by atoms with Crippen LogP contribution in [-0.2, 0) is 9.31 Å². The molecule has 0 spiro atoms. The smallest absolute Gasteiger partial charge is 0.490 e. The molecule has 114 valence electrons. The fraction of sp³-hybridized carbons (Fsp3) is 0.625. The zero-order chi connectivity index (χ0) is 15.3. The van der Waals surface area contributed by atoms with E-state index in [9.17, 15) is 0 Å². The summed E-state index contributed by atoms with van der Waals surface area (Å²) in [5, 5.41) is 0. The highest BCUT2D eigenvalue weighted by atomic mass is 32.2. The minimum atomic E-state index is -0.333. The third-order valence-electron chi connectivity index (χ3n) is 4.54. The maximum Gasteiger partial charge on any atom is 0.496 e. The van der Waals surface area contributed by atoms with Gasteiger partial charge in [0.05, 0.1) is 17.3 Å². The van der Waals surface area contributed by atoms with Crippen LogP contribution >= 0.6 is 11.8 Å². The van der Waals surface area contributed by atoms with Gasteiger partial charge in [-0.3, -0.25) is 0 Å². The topological polar surface area (TPSA) is 27.7 Å². The van der Waals surface area contributed by atoms with Gasteiger partial charge < -0.3 is 14.0 Å². The first-order valence-corrected chi connectivity index (χ1v) is 8.75. The van der Waals surface area contributed by atoms with Gasteiger partial charge in [0.2, 0.25) is 0 Å². The van der Waals surface area contributed by atoms with Crippen molar-refractivity contribution < 1.29 is 14.0 Å². The normalized spacial score (nSPS) is 23.4. The Morgan fingerprint density at radius 3 is 2.29 bits per heavy atom. The van der Waals surface area contributed by atoms with Gasteiger partial charge in [-0.1, -0.05) is 0 Å². The van der Waals surface area contributed by atoms with Crippen molar-refractivity contribution in [2.45, 2.75) is 62.7 Å². The standard InChI is InChI=1S/C16H23BO3S/c1-15(2)16(3,4)20-17(19-15)13-10-12(18-11-6-7-11)8-9-14(13)21-5/h8-11H,6-7H2,1-5H3. The monoisotopic (exact) mass is 306 g/mol. The van der Waals surface area contributed by atoms with Crippen molar-refractivity contribution in [2.75, 3.05) is 6.26 Å². The first kappa shape index (κ1) is 15.3. The van der Waals surface area contributed by atoms with E-state index in [1.165, 1.54) is 4.90 Å². The van der Waals surface area contributed by atoms with Gasteiger partial charge in [-0.2, -0.15) is 0 Å². The maximum absolute atomic E-state index is 6.18. The minimum Gasteiger partial charge on any atom is -0.490 e. The van der Waals surface area contributed by atoms with Crippen molar-refractivity contribution in [3.8, 4) is 5.75 Å². The molecule has 1 saturated carbocycles. The zero-order valence-electron chi connectivity index (χ0n) is 13.4. The molecule has 21 heavy (non-hydrogen) atoms. The van der Waals surface area contributed by atoms with Gasteiger partial charge in [0.25, 0.3) is 0 Å². The lowest BCUT2D eigenvalue weighted by Crippen LogP contribution is -2.41. The fourth-order valence-electron chi connectivity index (χ4n) is 2.32. The van der Waals surface area contributed by atoms with Crippen molar-refractivity contribution in [1.29, 1.82) is 0 Å². The van der Waals surface area contributed by atoms with Crippen molar-refractivity contribution in [3.05, 3.63) is 18.2 Å². The summed E-state index contributed by atoms with van der Waals surface area (Å²) in [7, 11) is -0.333. The van der Waals surface area contributed by atoms with Gasteiger partial charge in [-0.05, 0) is 70.5 Å². The lowest BCUT2D eigenvalue weighted by molar-refractivity contribution is 0.00578. The van der Waals surface area contributed by atoms with Crippen LogP contribution in [0.5, 0.6) is 5.75 Å². The molecule has 1 aromatic rings. The summed E-state index contributed by atoms with van der Waals surface area (Å²) in [6, 6.07) is 6.22. The van der Waals surface area contributed by atoms with Crippen LogP contribution in [0.15, 0.2) is 23.1 Å². The largest absolute Gasteiger partial charge is 0.496 e. The lowest BCUT2D eigenvalue weighted by Gasteiger charge is -2.32. The van der Waals surface area contributed by atoms with Crippen molar-refractivity contribution in [2.24, 2.45) is 0 Å². The molecule has 5 heteroatoms. The number of thioether (sulfide) groups is 1. The highest BCUT2D eigenvalue weighted by Crippen LogP contribution is 2.37. The molecule has 2 aliphatic rings.